The van der Waals surface area contributed by atoms with Crippen LogP contribution in [-0.4, -0.2) is 41.7 Å². The number of nitrogens with one attached hydrogen (secondary N) is 1. The largest absolute Gasteiger partial charge is 0.394 e. The Morgan fingerprint density at radius 3 is 3.05 bits per heavy atom. The maximum Gasteiger partial charge on any atom is 0.256 e. The van der Waals surface area contributed by atoms with Crippen LogP contribution in [-0.2, 0) is 0 Å². The summed E-state index contributed by atoms with van der Waals surface area (Å²) in [5.74, 6) is 2.45. The Kier molecular flexibility index (Phi) is 4.43. The zero-order chi connectivity index (χ0) is 13.7. The molecule has 1 unspecified atom stereocenters. The molecule has 0 aliphatic carbocycles. The van der Waals surface area contributed by atoms with E-state index in [4.69, 9.17) is 6.42 Å². The number of terminal acetylenes is 1. The molecule has 4 nitrogen and oxygen atoms in total. The van der Waals surface area contributed by atoms with Crippen LogP contribution in [0.4, 0.5) is 5.69 Å². The number of rotatable bonds is 4. The molecule has 1 atom stereocenters. The van der Waals surface area contributed by atoms with Crippen LogP contribution in [0, 0.1) is 12.3 Å². The molecule has 1 aromatic rings. The summed E-state index contributed by atoms with van der Waals surface area (Å²) in [6.07, 6.45) is 7.03. The summed E-state index contributed by atoms with van der Waals surface area (Å²) in [5.41, 5.74) is 1.35. The summed E-state index contributed by atoms with van der Waals surface area (Å²) < 4.78 is 0. The summed E-state index contributed by atoms with van der Waals surface area (Å²) in [4.78, 5) is 14.3. The minimum absolute atomic E-state index is 0.0195. The number of aliphatic hydroxyl groups is 1. The Balaban J connectivity index is 2.21. The Morgan fingerprint density at radius 2 is 2.32 bits per heavy atom. The molecule has 0 aromatic heterocycles. The zero-order valence-corrected chi connectivity index (χ0v) is 10.8. The molecule has 4 heteroatoms. The lowest BCUT2D eigenvalue weighted by atomic mass is 10.1. The van der Waals surface area contributed by atoms with Gasteiger partial charge >= 0.3 is 0 Å². The first-order valence-corrected chi connectivity index (χ1v) is 6.46. The number of anilines is 1. The highest BCUT2D eigenvalue weighted by atomic mass is 16.3. The third kappa shape index (κ3) is 2.88. The predicted octanol–water partition coefficient (Wildman–Crippen LogP) is 1.33. The highest BCUT2D eigenvalue weighted by molar-refractivity contribution is 6.00. The summed E-state index contributed by atoms with van der Waals surface area (Å²) in [7, 11) is 0. The van der Waals surface area contributed by atoms with Crippen LogP contribution in [0.5, 0.6) is 0 Å². The Labute approximate surface area is 113 Å². The first-order chi connectivity index (χ1) is 9.27. The third-order valence-electron chi connectivity index (χ3n) is 3.39. The van der Waals surface area contributed by atoms with E-state index in [-0.39, 0.29) is 18.6 Å². The second kappa shape index (κ2) is 6.26. The highest BCUT2D eigenvalue weighted by Crippen LogP contribution is 2.23. The molecule has 1 saturated heterocycles. The molecule has 0 bridgehead atoms. The number of amides is 1. The van der Waals surface area contributed by atoms with Gasteiger partial charge in [-0.15, -0.1) is 6.42 Å². The van der Waals surface area contributed by atoms with Crippen molar-refractivity contribution in [3.63, 3.8) is 0 Å². The fourth-order valence-corrected chi connectivity index (χ4v) is 2.42. The van der Waals surface area contributed by atoms with Crippen molar-refractivity contribution in [3.8, 4) is 12.3 Å². The smallest absolute Gasteiger partial charge is 0.256 e. The van der Waals surface area contributed by atoms with E-state index in [1.165, 1.54) is 0 Å². The monoisotopic (exact) mass is 258 g/mol. The number of hydrogen-bond acceptors (Lipinski definition) is 3. The number of carbonyl (C=O) groups is 1. The van der Waals surface area contributed by atoms with Crippen molar-refractivity contribution in [3.05, 3.63) is 29.8 Å². The van der Waals surface area contributed by atoms with Gasteiger partial charge in [-0.1, -0.05) is 18.1 Å². The number of likely N-dealkylation sites (tertiary alicyclic amines) is 1. The van der Waals surface area contributed by atoms with Crippen molar-refractivity contribution in [1.82, 2.24) is 4.90 Å². The lowest BCUT2D eigenvalue weighted by molar-refractivity contribution is 0.0678. The first-order valence-electron chi connectivity index (χ1n) is 6.46. The molecule has 0 spiro atoms. The molecule has 1 amide bonds. The molecule has 2 N–H and O–H groups in total. The van der Waals surface area contributed by atoms with Gasteiger partial charge in [-0.2, -0.15) is 0 Å². The summed E-state index contributed by atoms with van der Waals surface area (Å²) >= 11 is 0. The van der Waals surface area contributed by atoms with Gasteiger partial charge in [0.05, 0.1) is 24.8 Å². The molecule has 1 aliphatic rings. The van der Waals surface area contributed by atoms with Crippen LogP contribution in [0.2, 0.25) is 0 Å². The van der Waals surface area contributed by atoms with Crippen molar-refractivity contribution >= 4 is 11.6 Å². The quantitative estimate of drug-likeness (QED) is 0.801. The van der Waals surface area contributed by atoms with Crippen molar-refractivity contribution in [2.24, 2.45) is 0 Å². The van der Waals surface area contributed by atoms with Crippen LogP contribution in [0.25, 0.3) is 0 Å². The van der Waals surface area contributed by atoms with Crippen molar-refractivity contribution < 1.29 is 9.90 Å². The van der Waals surface area contributed by atoms with Crippen molar-refractivity contribution in [1.29, 1.82) is 0 Å². The molecular formula is C15H18N2O2. The topological polar surface area (TPSA) is 52.6 Å². The van der Waals surface area contributed by atoms with Gasteiger partial charge in [0, 0.05) is 12.2 Å². The summed E-state index contributed by atoms with van der Waals surface area (Å²) in [6, 6.07) is 7.26. The van der Waals surface area contributed by atoms with Crippen molar-refractivity contribution in [2.45, 2.75) is 18.9 Å². The van der Waals surface area contributed by atoms with Crippen molar-refractivity contribution in [2.75, 3.05) is 25.0 Å². The third-order valence-corrected chi connectivity index (χ3v) is 3.39. The number of hydrogen-bond donors (Lipinski definition) is 2. The van der Waals surface area contributed by atoms with E-state index in [2.05, 4.69) is 11.2 Å². The average Bonchev–Trinajstić information content (AvgIpc) is 2.93. The van der Waals surface area contributed by atoms with E-state index >= 15 is 0 Å². The Morgan fingerprint density at radius 1 is 1.53 bits per heavy atom. The molecule has 0 saturated carbocycles. The number of carbonyl (C=O) groups excluding carboxylic acids is 1. The predicted molar refractivity (Wildman–Crippen MR) is 74.9 cm³/mol. The lowest BCUT2D eigenvalue weighted by Crippen LogP contribution is -2.37. The van der Waals surface area contributed by atoms with Crippen LogP contribution < -0.4 is 5.32 Å². The van der Waals surface area contributed by atoms with Gasteiger partial charge in [0.2, 0.25) is 0 Å². The minimum Gasteiger partial charge on any atom is -0.394 e. The maximum absolute atomic E-state index is 12.5. The lowest BCUT2D eigenvalue weighted by Gasteiger charge is -2.24. The molecule has 1 aliphatic heterocycles. The first kappa shape index (κ1) is 13.4. The fraction of sp³-hybridized carbons (Fsp3) is 0.400. The van der Waals surface area contributed by atoms with Crippen LogP contribution in [0.15, 0.2) is 24.3 Å². The highest BCUT2D eigenvalue weighted by Gasteiger charge is 2.29. The average molecular weight is 258 g/mol. The van der Waals surface area contributed by atoms with Crippen LogP contribution >= 0.6 is 0 Å². The summed E-state index contributed by atoms with van der Waals surface area (Å²) in [6.45, 7) is 1.10. The Hall–Kier alpha value is -1.99. The van der Waals surface area contributed by atoms with E-state index in [0.717, 1.165) is 18.5 Å². The van der Waals surface area contributed by atoms with Gasteiger partial charge in [-0.05, 0) is 25.0 Å². The Bertz CT molecular complexity index is 493. The number of benzene rings is 1. The van der Waals surface area contributed by atoms with Crippen LogP contribution in [0.3, 0.4) is 0 Å². The molecule has 1 aromatic carbocycles. The second-order valence-electron chi connectivity index (χ2n) is 4.58. The van der Waals surface area contributed by atoms with E-state index in [9.17, 15) is 9.90 Å². The number of aliphatic hydroxyl groups excluding tert-OH is 1. The molecule has 1 heterocycles. The van der Waals surface area contributed by atoms with Gasteiger partial charge in [0.25, 0.3) is 5.91 Å². The molecule has 100 valence electrons. The second-order valence-corrected chi connectivity index (χ2v) is 4.58. The molecule has 2 rings (SSSR count). The minimum atomic E-state index is -0.0619. The van der Waals surface area contributed by atoms with E-state index in [0.29, 0.717) is 18.7 Å². The van der Waals surface area contributed by atoms with Gasteiger partial charge < -0.3 is 15.3 Å². The maximum atomic E-state index is 12.5. The molecule has 0 radical (unpaired) electrons. The van der Waals surface area contributed by atoms with E-state index in [1.807, 2.05) is 18.2 Å². The number of para-hydroxylation sites is 1. The van der Waals surface area contributed by atoms with Gasteiger partial charge in [0.15, 0.2) is 0 Å². The van der Waals surface area contributed by atoms with E-state index < -0.39 is 0 Å². The standard InChI is InChI=1S/C15H18N2O2/c1-2-9-16-14-8-4-3-7-13(14)15(19)17-10-5-6-12(17)11-18/h1,3-4,7-8,12,16,18H,5-6,9-11H2. The summed E-state index contributed by atoms with van der Waals surface area (Å²) in [5, 5.41) is 12.4. The normalized spacial score (nSPS) is 18.1. The SMILES string of the molecule is C#CCNc1ccccc1C(=O)N1CCCC1CO. The molecule has 19 heavy (non-hydrogen) atoms. The van der Waals surface area contributed by atoms with Gasteiger partial charge in [0.1, 0.15) is 0 Å². The van der Waals surface area contributed by atoms with Crippen LogP contribution in [0.1, 0.15) is 23.2 Å². The van der Waals surface area contributed by atoms with E-state index in [1.54, 1.807) is 11.0 Å². The fourth-order valence-electron chi connectivity index (χ4n) is 2.42. The number of nitrogens with zero attached hydrogens (tertiary/aromatic N) is 1. The molecule has 1 fully saturated rings. The van der Waals surface area contributed by atoms with Gasteiger partial charge in [-0.25, -0.2) is 0 Å². The van der Waals surface area contributed by atoms with Gasteiger partial charge in [-0.3, -0.25) is 4.79 Å². The molecular weight excluding hydrogens is 240 g/mol. The zero-order valence-electron chi connectivity index (χ0n) is 10.8.